The number of hydrogen-bond acceptors (Lipinski definition) is 6. The SMILES string of the molecule is CCCCCC(C)CCCCCCCCC(C)C(=O)OC(=O)CCC(=O)OC(=O)C(C)CCCCCCCCC(C)CCCCC. The second-order valence-electron chi connectivity index (χ2n) is 14.5. The van der Waals surface area contributed by atoms with Crippen LogP contribution in [0.15, 0.2) is 0 Å². The summed E-state index contributed by atoms with van der Waals surface area (Å²) in [4.78, 5) is 48.8. The van der Waals surface area contributed by atoms with E-state index in [9.17, 15) is 19.2 Å². The van der Waals surface area contributed by atoms with E-state index < -0.39 is 23.9 Å². The summed E-state index contributed by atoms with van der Waals surface area (Å²) in [7, 11) is 0. The number of ether oxygens (including phenoxy) is 2. The smallest absolute Gasteiger partial charge is 0.316 e. The van der Waals surface area contributed by atoms with Gasteiger partial charge in [-0.3, -0.25) is 19.2 Å². The minimum absolute atomic E-state index is 0.270. The molecule has 4 unspecified atom stereocenters. The maximum absolute atomic E-state index is 12.3. The van der Waals surface area contributed by atoms with Crippen molar-refractivity contribution >= 4 is 23.9 Å². The van der Waals surface area contributed by atoms with Gasteiger partial charge < -0.3 is 9.47 Å². The third-order valence-electron chi connectivity index (χ3n) is 9.54. The first-order valence-electron chi connectivity index (χ1n) is 19.6. The van der Waals surface area contributed by atoms with Crippen molar-refractivity contribution in [3.05, 3.63) is 0 Å². The van der Waals surface area contributed by atoms with Gasteiger partial charge in [-0.15, -0.1) is 0 Å². The van der Waals surface area contributed by atoms with Crippen LogP contribution in [0.5, 0.6) is 0 Å². The maximum Gasteiger partial charge on any atom is 0.316 e. The third-order valence-corrected chi connectivity index (χ3v) is 9.54. The average molecular weight is 651 g/mol. The van der Waals surface area contributed by atoms with Gasteiger partial charge in [-0.25, -0.2) is 0 Å². The molecule has 0 aliphatic heterocycles. The molecule has 6 heteroatoms. The first-order chi connectivity index (χ1) is 22.1. The van der Waals surface area contributed by atoms with E-state index in [4.69, 9.17) is 9.47 Å². The van der Waals surface area contributed by atoms with E-state index in [1.165, 1.54) is 116 Å². The van der Waals surface area contributed by atoms with E-state index in [-0.39, 0.29) is 24.7 Å². The molecular formula is C40H74O6. The first-order valence-corrected chi connectivity index (χ1v) is 19.6. The molecule has 46 heavy (non-hydrogen) atoms. The van der Waals surface area contributed by atoms with Crippen LogP contribution in [0.1, 0.15) is 208 Å². The fourth-order valence-corrected chi connectivity index (χ4v) is 6.04. The molecule has 0 bridgehead atoms. The average Bonchev–Trinajstić information content (AvgIpc) is 3.02. The minimum Gasteiger partial charge on any atom is -0.393 e. The Morgan fingerprint density at radius 3 is 0.957 bits per heavy atom. The van der Waals surface area contributed by atoms with Crippen LogP contribution in [0.4, 0.5) is 0 Å². The Morgan fingerprint density at radius 2 is 0.652 bits per heavy atom. The van der Waals surface area contributed by atoms with Crippen LogP contribution in [-0.4, -0.2) is 23.9 Å². The Balaban J connectivity index is 3.84. The van der Waals surface area contributed by atoms with E-state index in [1.807, 2.05) is 0 Å². The fourth-order valence-electron chi connectivity index (χ4n) is 6.04. The largest absolute Gasteiger partial charge is 0.393 e. The Bertz CT molecular complexity index is 714. The summed E-state index contributed by atoms with van der Waals surface area (Å²) in [6.45, 7) is 12.8. The maximum atomic E-state index is 12.3. The van der Waals surface area contributed by atoms with Gasteiger partial charge in [0.2, 0.25) is 0 Å². The van der Waals surface area contributed by atoms with Crippen molar-refractivity contribution in [3.8, 4) is 0 Å². The van der Waals surface area contributed by atoms with Gasteiger partial charge in [0.25, 0.3) is 0 Å². The highest BCUT2D eigenvalue weighted by Gasteiger charge is 2.21. The molecule has 270 valence electrons. The Morgan fingerprint density at radius 1 is 0.391 bits per heavy atom. The monoisotopic (exact) mass is 651 g/mol. The lowest BCUT2D eigenvalue weighted by Gasteiger charge is -2.12. The summed E-state index contributed by atoms with van der Waals surface area (Å²) in [6.07, 6.45) is 28.2. The fraction of sp³-hybridized carbons (Fsp3) is 0.900. The molecule has 0 saturated heterocycles. The molecule has 0 aromatic rings. The number of carbonyl (C=O) groups is 4. The molecule has 4 atom stereocenters. The molecule has 0 saturated carbocycles. The number of hydrogen-bond donors (Lipinski definition) is 0. The van der Waals surface area contributed by atoms with Crippen LogP contribution in [-0.2, 0) is 28.7 Å². The zero-order valence-electron chi connectivity index (χ0n) is 31.1. The van der Waals surface area contributed by atoms with Crippen molar-refractivity contribution in [3.63, 3.8) is 0 Å². The highest BCUT2D eigenvalue weighted by atomic mass is 16.6. The predicted molar refractivity (Wildman–Crippen MR) is 190 cm³/mol. The second-order valence-corrected chi connectivity index (χ2v) is 14.5. The zero-order chi connectivity index (χ0) is 34.4. The number of rotatable bonds is 31. The van der Waals surface area contributed by atoms with Gasteiger partial charge in [-0.1, -0.05) is 183 Å². The lowest BCUT2D eigenvalue weighted by Crippen LogP contribution is -2.22. The molecule has 0 amide bonds. The standard InChI is InChI=1S/C40H74O6/c1-7-9-19-25-33(3)27-21-15-11-13-17-23-29-35(5)39(43)45-37(41)31-32-38(42)46-40(44)36(6)30-24-18-14-12-16-22-28-34(4)26-20-10-8-2/h33-36H,7-32H2,1-6H3. The van der Waals surface area contributed by atoms with Gasteiger partial charge in [-0.05, 0) is 24.7 Å². The van der Waals surface area contributed by atoms with Gasteiger partial charge in [-0.2, -0.15) is 0 Å². The zero-order valence-corrected chi connectivity index (χ0v) is 31.1. The van der Waals surface area contributed by atoms with Gasteiger partial charge >= 0.3 is 23.9 Å². The van der Waals surface area contributed by atoms with Gasteiger partial charge in [0.1, 0.15) is 0 Å². The molecule has 0 N–H and O–H groups in total. The summed E-state index contributed by atoms with van der Waals surface area (Å²) in [5, 5.41) is 0. The van der Waals surface area contributed by atoms with Crippen LogP contribution in [0, 0.1) is 23.7 Å². The highest BCUT2D eigenvalue weighted by Crippen LogP contribution is 2.20. The van der Waals surface area contributed by atoms with E-state index >= 15 is 0 Å². The summed E-state index contributed by atoms with van der Waals surface area (Å²) in [6, 6.07) is 0. The van der Waals surface area contributed by atoms with Crippen molar-refractivity contribution in [2.45, 2.75) is 208 Å². The summed E-state index contributed by atoms with van der Waals surface area (Å²) in [5.74, 6) is -1.62. The number of unbranched alkanes of at least 4 members (excludes halogenated alkanes) is 14. The van der Waals surface area contributed by atoms with Crippen molar-refractivity contribution in [2.24, 2.45) is 23.7 Å². The van der Waals surface area contributed by atoms with Crippen molar-refractivity contribution in [1.82, 2.24) is 0 Å². The number of carbonyl (C=O) groups excluding carboxylic acids is 4. The van der Waals surface area contributed by atoms with Crippen LogP contribution in [0.2, 0.25) is 0 Å². The van der Waals surface area contributed by atoms with Crippen LogP contribution < -0.4 is 0 Å². The molecular weight excluding hydrogens is 576 g/mol. The van der Waals surface area contributed by atoms with E-state index in [0.717, 1.165) is 37.5 Å². The molecule has 0 aliphatic rings. The van der Waals surface area contributed by atoms with Gasteiger partial charge in [0.05, 0.1) is 24.7 Å². The van der Waals surface area contributed by atoms with Crippen molar-refractivity contribution in [2.75, 3.05) is 0 Å². The molecule has 0 heterocycles. The van der Waals surface area contributed by atoms with E-state index in [2.05, 4.69) is 27.7 Å². The van der Waals surface area contributed by atoms with Crippen LogP contribution >= 0.6 is 0 Å². The molecule has 0 aliphatic carbocycles. The Labute approximate surface area is 284 Å². The van der Waals surface area contributed by atoms with Crippen molar-refractivity contribution in [1.29, 1.82) is 0 Å². The van der Waals surface area contributed by atoms with E-state index in [1.54, 1.807) is 13.8 Å². The summed E-state index contributed by atoms with van der Waals surface area (Å²) < 4.78 is 9.89. The molecule has 0 spiro atoms. The van der Waals surface area contributed by atoms with Gasteiger partial charge in [0.15, 0.2) is 0 Å². The number of esters is 4. The van der Waals surface area contributed by atoms with E-state index in [0.29, 0.717) is 12.8 Å². The summed E-state index contributed by atoms with van der Waals surface area (Å²) >= 11 is 0. The minimum atomic E-state index is -0.746. The van der Waals surface area contributed by atoms with Crippen LogP contribution in [0.3, 0.4) is 0 Å². The van der Waals surface area contributed by atoms with Crippen molar-refractivity contribution < 1.29 is 28.7 Å². The summed E-state index contributed by atoms with van der Waals surface area (Å²) in [5.41, 5.74) is 0. The highest BCUT2D eigenvalue weighted by molar-refractivity contribution is 5.90. The Hall–Kier alpha value is -1.72. The predicted octanol–water partition coefficient (Wildman–Crippen LogP) is 11.9. The molecule has 0 aromatic carbocycles. The molecule has 0 radical (unpaired) electrons. The lowest BCUT2D eigenvalue weighted by atomic mass is 9.96. The third kappa shape index (κ3) is 27.4. The normalized spacial score (nSPS) is 14.0. The second kappa shape index (κ2) is 30.6. The molecule has 6 nitrogen and oxygen atoms in total. The molecule has 0 aromatic heterocycles. The molecule has 0 fully saturated rings. The topological polar surface area (TPSA) is 86.7 Å². The molecule has 0 rings (SSSR count). The lowest BCUT2D eigenvalue weighted by molar-refractivity contribution is -0.167. The van der Waals surface area contributed by atoms with Gasteiger partial charge in [0, 0.05) is 0 Å². The quantitative estimate of drug-likeness (QED) is 0.0421. The Kier molecular flexibility index (Phi) is 29.5. The van der Waals surface area contributed by atoms with Crippen LogP contribution in [0.25, 0.3) is 0 Å². The first kappa shape index (κ1) is 44.3.